The van der Waals surface area contributed by atoms with E-state index in [1.807, 2.05) is 0 Å². The predicted octanol–water partition coefficient (Wildman–Crippen LogP) is -1.61. The van der Waals surface area contributed by atoms with E-state index in [0.29, 0.717) is 39.5 Å². The van der Waals surface area contributed by atoms with Crippen molar-refractivity contribution in [2.75, 3.05) is 59.7 Å². The van der Waals surface area contributed by atoms with Crippen LogP contribution in [0.1, 0.15) is 0 Å². The molecule has 21 heavy (non-hydrogen) atoms. The number of rotatable bonds is 6. The van der Waals surface area contributed by atoms with Crippen molar-refractivity contribution in [3.63, 3.8) is 0 Å². The first-order valence-electron chi connectivity index (χ1n) is 7.34. The molecule has 0 radical (unpaired) electrons. The Kier molecular flexibility index (Phi) is 6.65. The molecular weight excluding hydrogens is 278 g/mol. The number of nitrogens with zero attached hydrogens (tertiary/aromatic N) is 1. The number of methoxy groups -OCH3 is 1. The molecule has 2 fully saturated rings. The summed E-state index contributed by atoms with van der Waals surface area (Å²) in [7, 11) is 1.57. The minimum absolute atomic E-state index is 0.271. The quantitative estimate of drug-likeness (QED) is 0.512. The maximum atomic E-state index is 11.6. The molecule has 0 bridgehead atoms. The zero-order valence-electron chi connectivity index (χ0n) is 12.4. The number of urea groups is 1. The van der Waals surface area contributed by atoms with Crippen molar-refractivity contribution in [1.82, 2.24) is 15.5 Å². The lowest BCUT2D eigenvalue weighted by Crippen LogP contribution is -2.50. The first kappa shape index (κ1) is 16.4. The molecule has 0 saturated carbocycles. The smallest absolute Gasteiger partial charge is 0.315 e. The van der Waals surface area contributed by atoms with E-state index in [0.717, 1.165) is 13.1 Å². The molecule has 0 aromatic carbocycles. The third kappa shape index (κ3) is 5.08. The van der Waals surface area contributed by atoms with Crippen molar-refractivity contribution in [1.29, 1.82) is 0 Å². The van der Waals surface area contributed by atoms with Crippen molar-refractivity contribution in [2.24, 2.45) is 0 Å². The Morgan fingerprint density at radius 2 is 2.19 bits per heavy atom. The summed E-state index contributed by atoms with van der Waals surface area (Å²) >= 11 is 0. The van der Waals surface area contributed by atoms with Crippen LogP contribution in [-0.2, 0) is 14.2 Å². The van der Waals surface area contributed by atoms with Gasteiger partial charge in [-0.2, -0.15) is 0 Å². The van der Waals surface area contributed by atoms with E-state index in [-0.39, 0.29) is 18.2 Å². The van der Waals surface area contributed by atoms with Crippen LogP contribution in [0.3, 0.4) is 0 Å². The van der Waals surface area contributed by atoms with Crippen LogP contribution in [0.25, 0.3) is 0 Å². The lowest BCUT2D eigenvalue weighted by molar-refractivity contribution is -0.0180. The first-order chi connectivity index (χ1) is 10.2. The molecule has 0 aromatic rings. The largest absolute Gasteiger partial charge is 0.388 e. The molecule has 3 atom stereocenters. The molecule has 2 aliphatic rings. The number of amides is 2. The topological polar surface area (TPSA) is 92.3 Å². The highest BCUT2D eigenvalue weighted by molar-refractivity contribution is 5.74. The fraction of sp³-hybridized carbons (Fsp3) is 0.923. The van der Waals surface area contributed by atoms with Crippen molar-refractivity contribution in [3.05, 3.63) is 0 Å². The molecule has 8 heteroatoms. The van der Waals surface area contributed by atoms with Crippen molar-refractivity contribution in [3.8, 4) is 0 Å². The van der Waals surface area contributed by atoms with E-state index < -0.39 is 6.10 Å². The van der Waals surface area contributed by atoms with Gasteiger partial charge in [0.25, 0.3) is 0 Å². The average molecular weight is 303 g/mol. The molecule has 3 N–H and O–H groups in total. The summed E-state index contributed by atoms with van der Waals surface area (Å²) in [5, 5.41) is 15.6. The highest BCUT2D eigenvalue weighted by Crippen LogP contribution is 2.16. The van der Waals surface area contributed by atoms with Crippen LogP contribution >= 0.6 is 0 Å². The zero-order valence-corrected chi connectivity index (χ0v) is 12.4. The predicted molar refractivity (Wildman–Crippen MR) is 75.2 cm³/mol. The molecule has 0 aliphatic carbocycles. The monoisotopic (exact) mass is 303 g/mol. The van der Waals surface area contributed by atoms with Gasteiger partial charge in [-0.25, -0.2) is 4.79 Å². The maximum absolute atomic E-state index is 11.6. The number of carbonyl (C=O) groups excluding carboxylic acids is 1. The molecule has 2 amide bonds. The third-order valence-electron chi connectivity index (χ3n) is 3.73. The Bertz CT molecular complexity index is 325. The minimum Gasteiger partial charge on any atom is -0.388 e. The van der Waals surface area contributed by atoms with Gasteiger partial charge in [-0.15, -0.1) is 0 Å². The van der Waals surface area contributed by atoms with E-state index in [2.05, 4.69) is 15.5 Å². The SMILES string of the molecule is COCCNC(=O)NC1COC(CN2CCOCC2)C1O. The van der Waals surface area contributed by atoms with E-state index in [9.17, 15) is 9.90 Å². The van der Waals surface area contributed by atoms with Crippen molar-refractivity contribution >= 4 is 6.03 Å². The number of hydrogen-bond donors (Lipinski definition) is 3. The normalized spacial score (nSPS) is 30.3. The Morgan fingerprint density at radius 3 is 2.90 bits per heavy atom. The molecule has 2 saturated heterocycles. The molecule has 2 rings (SSSR count). The van der Waals surface area contributed by atoms with E-state index in [1.54, 1.807) is 7.11 Å². The molecule has 3 unspecified atom stereocenters. The molecule has 8 nitrogen and oxygen atoms in total. The highest BCUT2D eigenvalue weighted by atomic mass is 16.5. The summed E-state index contributed by atoms with van der Waals surface area (Å²) in [6.07, 6.45) is -0.964. The summed E-state index contributed by atoms with van der Waals surface area (Å²) in [5.41, 5.74) is 0. The number of aliphatic hydroxyl groups is 1. The number of ether oxygens (including phenoxy) is 3. The Labute approximate surface area is 124 Å². The Hall–Kier alpha value is -0.930. The molecule has 2 heterocycles. The fourth-order valence-electron chi connectivity index (χ4n) is 2.50. The molecule has 2 aliphatic heterocycles. The highest BCUT2D eigenvalue weighted by Gasteiger charge is 2.37. The van der Waals surface area contributed by atoms with Crippen LogP contribution in [0.15, 0.2) is 0 Å². The number of carbonyl (C=O) groups is 1. The standard InChI is InChI=1S/C13H25N3O5/c1-19-5-2-14-13(18)15-10-9-21-11(12(10)17)8-16-3-6-20-7-4-16/h10-12,17H,2-9H2,1H3,(H2,14,15,18). The second-order valence-electron chi connectivity index (χ2n) is 5.27. The number of nitrogens with one attached hydrogen (secondary N) is 2. The van der Waals surface area contributed by atoms with Gasteiger partial charge in [0.15, 0.2) is 0 Å². The average Bonchev–Trinajstić information content (AvgIpc) is 2.82. The summed E-state index contributed by atoms with van der Waals surface area (Å²) < 4.78 is 15.8. The van der Waals surface area contributed by atoms with E-state index in [4.69, 9.17) is 14.2 Å². The van der Waals surface area contributed by atoms with Gasteiger partial charge in [-0.1, -0.05) is 0 Å². The van der Waals surface area contributed by atoms with Crippen LogP contribution < -0.4 is 10.6 Å². The summed E-state index contributed by atoms with van der Waals surface area (Å²) in [4.78, 5) is 13.9. The maximum Gasteiger partial charge on any atom is 0.315 e. The van der Waals surface area contributed by atoms with Gasteiger partial charge in [0.1, 0.15) is 6.10 Å². The van der Waals surface area contributed by atoms with Gasteiger partial charge in [-0.3, -0.25) is 4.90 Å². The third-order valence-corrected chi connectivity index (χ3v) is 3.73. The van der Waals surface area contributed by atoms with Gasteiger partial charge in [0.05, 0.1) is 38.6 Å². The van der Waals surface area contributed by atoms with Crippen LogP contribution in [-0.4, -0.2) is 94.0 Å². The molecule has 0 spiro atoms. The summed E-state index contributed by atoms with van der Waals surface area (Å²) in [6, 6.07) is -0.690. The fourth-order valence-corrected chi connectivity index (χ4v) is 2.50. The molecular formula is C13H25N3O5. The molecule has 122 valence electrons. The van der Waals surface area contributed by atoms with Gasteiger partial charge in [0.2, 0.25) is 0 Å². The first-order valence-corrected chi connectivity index (χ1v) is 7.34. The lowest BCUT2D eigenvalue weighted by atomic mass is 10.1. The minimum atomic E-state index is -0.693. The van der Waals surface area contributed by atoms with Crippen LogP contribution in [0.4, 0.5) is 4.79 Å². The lowest BCUT2D eigenvalue weighted by Gasteiger charge is -2.29. The number of hydrogen-bond acceptors (Lipinski definition) is 6. The molecule has 0 aromatic heterocycles. The van der Waals surface area contributed by atoms with Gasteiger partial charge >= 0.3 is 6.03 Å². The number of aliphatic hydroxyl groups excluding tert-OH is 1. The Morgan fingerprint density at radius 1 is 1.43 bits per heavy atom. The second kappa shape index (κ2) is 8.50. The van der Waals surface area contributed by atoms with Crippen molar-refractivity contribution < 1.29 is 24.1 Å². The van der Waals surface area contributed by atoms with E-state index in [1.165, 1.54) is 0 Å². The van der Waals surface area contributed by atoms with Crippen LogP contribution in [0, 0.1) is 0 Å². The van der Waals surface area contributed by atoms with Crippen LogP contribution in [0.5, 0.6) is 0 Å². The Balaban J connectivity index is 1.70. The summed E-state index contributed by atoms with van der Waals surface area (Å²) in [5.74, 6) is 0. The van der Waals surface area contributed by atoms with E-state index >= 15 is 0 Å². The van der Waals surface area contributed by atoms with Crippen LogP contribution in [0.2, 0.25) is 0 Å². The second-order valence-corrected chi connectivity index (χ2v) is 5.27. The van der Waals surface area contributed by atoms with Gasteiger partial charge in [-0.05, 0) is 0 Å². The summed E-state index contributed by atoms with van der Waals surface area (Å²) in [6.45, 7) is 5.00. The van der Waals surface area contributed by atoms with Crippen molar-refractivity contribution in [2.45, 2.75) is 18.2 Å². The zero-order chi connectivity index (χ0) is 15.1. The van der Waals surface area contributed by atoms with Gasteiger partial charge in [0, 0.05) is 33.3 Å². The number of morpholine rings is 1. The van der Waals surface area contributed by atoms with Gasteiger partial charge < -0.3 is 30.0 Å².